The maximum Gasteiger partial charge on any atom is 0.242 e. The van der Waals surface area contributed by atoms with Crippen LogP contribution in [0.5, 0.6) is 5.75 Å². The molecule has 0 bridgehead atoms. The number of hydrogen-bond donors (Lipinski definition) is 2. The zero-order valence-corrected chi connectivity index (χ0v) is 15.7. The van der Waals surface area contributed by atoms with Crippen molar-refractivity contribution in [1.29, 1.82) is 0 Å². The van der Waals surface area contributed by atoms with Crippen molar-refractivity contribution in [1.82, 2.24) is 4.72 Å². The Morgan fingerprint density at radius 3 is 2.46 bits per heavy atom. The fourth-order valence-corrected chi connectivity index (χ4v) is 3.59. The van der Waals surface area contributed by atoms with Gasteiger partial charge in [0.15, 0.2) is 0 Å². The molecule has 2 N–H and O–H groups in total. The highest BCUT2D eigenvalue weighted by Crippen LogP contribution is 2.27. The van der Waals surface area contributed by atoms with Gasteiger partial charge in [-0.05, 0) is 56.3 Å². The first-order chi connectivity index (χ1) is 12.2. The molecule has 0 aliphatic carbocycles. The SMILES string of the molecule is CCOc1ccc(S(=O)(=O)N[C@H](C)C(=O)Nc2ccc(F)cc2)cc1Cl. The number of anilines is 1. The number of halogens is 2. The third-order valence-corrected chi connectivity index (χ3v) is 5.18. The Kier molecular flexibility index (Phi) is 6.57. The third-order valence-electron chi connectivity index (χ3n) is 3.35. The predicted molar refractivity (Wildman–Crippen MR) is 97.4 cm³/mol. The summed E-state index contributed by atoms with van der Waals surface area (Å²) in [6.07, 6.45) is 0. The lowest BCUT2D eigenvalue weighted by Crippen LogP contribution is -2.41. The second-order valence-corrected chi connectivity index (χ2v) is 7.49. The summed E-state index contributed by atoms with van der Waals surface area (Å²) in [5.41, 5.74) is 0.353. The first kappa shape index (κ1) is 20.2. The van der Waals surface area contributed by atoms with Gasteiger partial charge in [0.1, 0.15) is 11.6 Å². The Bertz CT molecular complexity index is 888. The first-order valence-corrected chi connectivity index (χ1v) is 9.60. The van der Waals surface area contributed by atoms with E-state index in [-0.39, 0.29) is 9.92 Å². The molecule has 0 aliphatic heterocycles. The van der Waals surface area contributed by atoms with Crippen LogP contribution in [0.2, 0.25) is 5.02 Å². The van der Waals surface area contributed by atoms with Crippen molar-refractivity contribution in [2.24, 2.45) is 0 Å². The van der Waals surface area contributed by atoms with Crippen LogP contribution in [-0.2, 0) is 14.8 Å². The minimum Gasteiger partial charge on any atom is -0.492 e. The number of nitrogens with one attached hydrogen (secondary N) is 2. The van der Waals surface area contributed by atoms with Crippen LogP contribution in [0.3, 0.4) is 0 Å². The number of carbonyl (C=O) groups excluding carboxylic acids is 1. The number of hydrogen-bond acceptors (Lipinski definition) is 4. The average Bonchev–Trinajstić information content (AvgIpc) is 2.58. The zero-order chi connectivity index (χ0) is 19.3. The summed E-state index contributed by atoms with van der Waals surface area (Å²) in [5.74, 6) is -0.656. The van der Waals surface area contributed by atoms with Crippen LogP contribution in [0.4, 0.5) is 10.1 Å². The predicted octanol–water partition coefficient (Wildman–Crippen LogP) is 3.18. The summed E-state index contributed by atoms with van der Waals surface area (Å²) in [5, 5.41) is 2.65. The lowest BCUT2D eigenvalue weighted by Gasteiger charge is -2.15. The molecule has 9 heteroatoms. The van der Waals surface area contributed by atoms with E-state index in [0.717, 1.165) is 0 Å². The van der Waals surface area contributed by atoms with Crippen molar-refractivity contribution in [2.45, 2.75) is 24.8 Å². The van der Waals surface area contributed by atoms with Crippen LogP contribution in [0.15, 0.2) is 47.4 Å². The first-order valence-electron chi connectivity index (χ1n) is 7.74. The number of ether oxygens (including phenoxy) is 1. The largest absolute Gasteiger partial charge is 0.492 e. The van der Waals surface area contributed by atoms with Gasteiger partial charge in [-0.25, -0.2) is 12.8 Å². The lowest BCUT2D eigenvalue weighted by molar-refractivity contribution is -0.117. The van der Waals surface area contributed by atoms with E-state index >= 15 is 0 Å². The van der Waals surface area contributed by atoms with Gasteiger partial charge >= 0.3 is 0 Å². The van der Waals surface area contributed by atoms with E-state index < -0.39 is 27.8 Å². The van der Waals surface area contributed by atoms with E-state index in [1.165, 1.54) is 49.4 Å². The van der Waals surface area contributed by atoms with Gasteiger partial charge in [0.25, 0.3) is 0 Å². The normalized spacial score (nSPS) is 12.5. The van der Waals surface area contributed by atoms with E-state index in [1.807, 2.05) is 0 Å². The van der Waals surface area contributed by atoms with Crippen LogP contribution in [-0.4, -0.2) is 27.0 Å². The molecule has 0 fully saturated rings. The third kappa shape index (κ3) is 5.17. The van der Waals surface area contributed by atoms with Gasteiger partial charge in [0.2, 0.25) is 15.9 Å². The highest BCUT2D eigenvalue weighted by atomic mass is 35.5. The monoisotopic (exact) mass is 400 g/mol. The second-order valence-electron chi connectivity index (χ2n) is 5.36. The lowest BCUT2D eigenvalue weighted by atomic mass is 10.3. The molecule has 0 aromatic heterocycles. The van der Waals surface area contributed by atoms with E-state index in [2.05, 4.69) is 10.0 Å². The smallest absolute Gasteiger partial charge is 0.242 e. The topological polar surface area (TPSA) is 84.5 Å². The van der Waals surface area contributed by atoms with Gasteiger partial charge in [-0.3, -0.25) is 4.79 Å². The fraction of sp³-hybridized carbons (Fsp3) is 0.235. The van der Waals surface area contributed by atoms with Crippen molar-refractivity contribution in [3.05, 3.63) is 53.3 Å². The molecular formula is C17H18ClFN2O4S. The molecule has 0 saturated heterocycles. The quantitative estimate of drug-likeness (QED) is 0.747. The van der Waals surface area contributed by atoms with Gasteiger partial charge in [0.05, 0.1) is 22.6 Å². The summed E-state index contributed by atoms with van der Waals surface area (Å²) < 4.78 is 45.3. The molecule has 0 radical (unpaired) electrons. The van der Waals surface area contributed by atoms with Crippen molar-refractivity contribution in [2.75, 3.05) is 11.9 Å². The molecule has 26 heavy (non-hydrogen) atoms. The summed E-state index contributed by atoms with van der Waals surface area (Å²) >= 11 is 6.01. The molecule has 0 unspecified atom stereocenters. The summed E-state index contributed by atoms with van der Waals surface area (Å²) in [7, 11) is -3.97. The Balaban J connectivity index is 2.08. The minimum absolute atomic E-state index is 0.0904. The molecule has 0 heterocycles. The van der Waals surface area contributed by atoms with Crippen LogP contribution >= 0.6 is 11.6 Å². The van der Waals surface area contributed by atoms with E-state index in [1.54, 1.807) is 6.92 Å². The molecule has 0 aliphatic rings. The Hall–Kier alpha value is -2.16. The van der Waals surface area contributed by atoms with Crippen LogP contribution in [0.25, 0.3) is 0 Å². The molecule has 0 saturated carbocycles. The Labute approximate surface area is 156 Å². The van der Waals surface area contributed by atoms with Crippen molar-refractivity contribution < 1.29 is 22.3 Å². The molecule has 2 aromatic rings. The number of amides is 1. The fourth-order valence-electron chi connectivity index (χ4n) is 2.06. The molecule has 140 valence electrons. The number of sulfonamides is 1. The maximum atomic E-state index is 12.9. The molecule has 0 spiro atoms. The summed E-state index contributed by atoms with van der Waals surface area (Å²) in [6, 6.07) is 8.10. The molecule has 1 atom stereocenters. The number of rotatable bonds is 7. The molecule has 1 amide bonds. The molecule has 2 rings (SSSR count). The molecule has 6 nitrogen and oxygen atoms in total. The van der Waals surface area contributed by atoms with Crippen LogP contribution < -0.4 is 14.8 Å². The van der Waals surface area contributed by atoms with Gasteiger partial charge in [0, 0.05) is 5.69 Å². The zero-order valence-electron chi connectivity index (χ0n) is 14.1. The van der Waals surface area contributed by atoms with Gasteiger partial charge < -0.3 is 10.1 Å². The summed E-state index contributed by atoms with van der Waals surface area (Å²) in [6.45, 7) is 3.57. The van der Waals surface area contributed by atoms with Crippen molar-refractivity contribution >= 4 is 33.2 Å². The number of carbonyl (C=O) groups is 1. The van der Waals surface area contributed by atoms with Crippen LogP contribution in [0.1, 0.15) is 13.8 Å². The molecule has 2 aromatic carbocycles. The van der Waals surface area contributed by atoms with Crippen molar-refractivity contribution in [3.8, 4) is 5.75 Å². The average molecular weight is 401 g/mol. The Morgan fingerprint density at radius 1 is 1.23 bits per heavy atom. The Morgan fingerprint density at radius 2 is 1.88 bits per heavy atom. The summed E-state index contributed by atoms with van der Waals surface area (Å²) in [4.78, 5) is 12.0. The highest BCUT2D eigenvalue weighted by Gasteiger charge is 2.23. The van der Waals surface area contributed by atoms with Gasteiger partial charge in [-0.1, -0.05) is 11.6 Å². The van der Waals surface area contributed by atoms with E-state index in [4.69, 9.17) is 16.3 Å². The number of benzene rings is 2. The van der Waals surface area contributed by atoms with Gasteiger partial charge in [-0.15, -0.1) is 0 Å². The minimum atomic E-state index is -3.97. The maximum absolute atomic E-state index is 12.9. The van der Waals surface area contributed by atoms with Gasteiger partial charge in [-0.2, -0.15) is 4.72 Å². The van der Waals surface area contributed by atoms with Crippen molar-refractivity contribution in [3.63, 3.8) is 0 Å². The van der Waals surface area contributed by atoms with E-state index in [9.17, 15) is 17.6 Å². The highest BCUT2D eigenvalue weighted by molar-refractivity contribution is 7.89. The van der Waals surface area contributed by atoms with Crippen LogP contribution in [0, 0.1) is 5.82 Å². The molecular weight excluding hydrogens is 383 g/mol. The second kappa shape index (κ2) is 8.48. The van der Waals surface area contributed by atoms with E-state index in [0.29, 0.717) is 18.0 Å². The standard InChI is InChI=1S/C17H18ClFN2O4S/c1-3-25-16-9-8-14(10-15(16)18)26(23,24)21-11(2)17(22)20-13-6-4-12(19)5-7-13/h4-11,21H,3H2,1-2H3,(H,20,22)/t11-/m1/s1.